The lowest BCUT2D eigenvalue weighted by Gasteiger charge is -2.22. The fourth-order valence-electron chi connectivity index (χ4n) is 1.70. The Kier molecular flexibility index (Phi) is 5.31. The smallest absolute Gasteiger partial charge is 0.395 e. The van der Waals surface area contributed by atoms with Crippen LogP contribution in [-0.2, 0) is 6.54 Å². The average Bonchev–Trinajstić information content (AvgIpc) is 2.27. The SMILES string of the molecule is N=C(N)c1cccc(CN(CCO)CC(F)(F)F)c1. The number of aliphatic hydroxyl groups is 1. The second kappa shape index (κ2) is 6.53. The van der Waals surface area contributed by atoms with Crippen LogP contribution in [0.1, 0.15) is 11.1 Å². The van der Waals surface area contributed by atoms with Crippen molar-refractivity contribution in [2.24, 2.45) is 5.73 Å². The van der Waals surface area contributed by atoms with Crippen molar-refractivity contribution in [3.63, 3.8) is 0 Å². The molecule has 0 atom stereocenters. The Balaban J connectivity index is 2.78. The first kappa shape index (κ1) is 15.5. The molecule has 0 spiro atoms. The lowest BCUT2D eigenvalue weighted by molar-refractivity contribution is -0.147. The van der Waals surface area contributed by atoms with E-state index in [4.69, 9.17) is 16.2 Å². The van der Waals surface area contributed by atoms with E-state index in [1.807, 2.05) is 0 Å². The Bertz CT molecular complexity index is 434. The van der Waals surface area contributed by atoms with Crippen molar-refractivity contribution in [1.29, 1.82) is 5.41 Å². The minimum absolute atomic E-state index is 0.0428. The van der Waals surface area contributed by atoms with E-state index < -0.39 is 12.7 Å². The van der Waals surface area contributed by atoms with Crippen LogP contribution in [-0.4, -0.2) is 41.7 Å². The number of halogens is 3. The maximum absolute atomic E-state index is 12.4. The number of hydrogen-bond acceptors (Lipinski definition) is 3. The third kappa shape index (κ3) is 5.71. The minimum Gasteiger partial charge on any atom is -0.395 e. The first-order valence-corrected chi connectivity index (χ1v) is 5.65. The predicted molar refractivity (Wildman–Crippen MR) is 65.9 cm³/mol. The highest BCUT2D eigenvalue weighted by atomic mass is 19.4. The number of rotatable bonds is 6. The summed E-state index contributed by atoms with van der Waals surface area (Å²) in [5, 5.41) is 16.1. The summed E-state index contributed by atoms with van der Waals surface area (Å²) in [5.41, 5.74) is 6.41. The molecule has 1 rings (SSSR count). The van der Waals surface area contributed by atoms with E-state index in [0.717, 1.165) is 4.90 Å². The number of hydrogen-bond donors (Lipinski definition) is 3. The Morgan fingerprint density at radius 1 is 1.37 bits per heavy atom. The molecule has 4 N–H and O–H groups in total. The maximum atomic E-state index is 12.4. The lowest BCUT2D eigenvalue weighted by Crippen LogP contribution is -2.35. The van der Waals surface area contributed by atoms with Crippen LogP contribution in [0.15, 0.2) is 24.3 Å². The number of aliphatic hydroxyl groups excluding tert-OH is 1. The third-order valence-corrected chi connectivity index (χ3v) is 2.46. The van der Waals surface area contributed by atoms with Gasteiger partial charge in [0.05, 0.1) is 13.2 Å². The number of nitrogens with two attached hydrogens (primary N) is 1. The van der Waals surface area contributed by atoms with Gasteiger partial charge < -0.3 is 10.8 Å². The largest absolute Gasteiger partial charge is 0.401 e. The molecule has 0 aliphatic carbocycles. The van der Waals surface area contributed by atoms with Crippen LogP contribution >= 0.6 is 0 Å². The molecule has 0 aliphatic heterocycles. The molecule has 106 valence electrons. The second-order valence-electron chi connectivity index (χ2n) is 4.16. The number of alkyl halides is 3. The first-order chi connectivity index (χ1) is 8.81. The molecule has 0 aliphatic rings. The lowest BCUT2D eigenvalue weighted by atomic mass is 10.1. The minimum atomic E-state index is -4.31. The molecular weight excluding hydrogens is 259 g/mol. The normalized spacial score (nSPS) is 11.8. The standard InChI is InChI=1S/C12H16F3N3O/c13-12(14,15)8-18(4-5-19)7-9-2-1-3-10(6-9)11(16)17/h1-3,6,19H,4-5,7-8H2,(H3,16,17). The number of nitrogens with one attached hydrogen (secondary N) is 1. The molecular formula is C12H16F3N3O. The van der Waals surface area contributed by atoms with E-state index in [-0.39, 0.29) is 25.5 Å². The van der Waals surface area contributed by atoms with Crippen LogP contribution in [0.3, 0.4) is 0 Å². The van der Waals surface area contributed by atoms with Gasteiger partial charge >= 0.3 is 6.18 Å². The molecule has 0 aromatic heterocycles. The molecule has 0 unspecified atom stereocenters. The summed E-state index contributed by atoms with van der Waals surface area (Å²) in [6.45, 7) is -1.45. The van der Waals surface area contributed by atoms with E-state index in [9.17, 15) is 13.2 Å². The summed E-state index contributed by atoms with van der Waals surface area (Å²) in [7, 11) is 0. The van der Waals surface area contributed by atoms with E-state index in [0.29, 0.717) is 11.1 Å². The molecule has 4 nitrogen and oxygen atoms in total. The molecule has 0 radical (unpaired) electrons. The Labute approximate surface area is 109 Å². The summed E-state index contributed by atoms with van der Waals surface area (Å²) in [6.07, 6.45) is -4.31. The van der Waals surface area contributed by atoms with Crippen molar-refractivity contribution in [3.05, 3.63) is 35.4 Å². The number of benzene rings is 1. The van der Waals surface area contributed by atoms with Gasteiger partial charge in [-0.15, -0.1) is 0 Å². The van der Waals surface area contributed by atoms with Gasteiger partial charge in [-0.2, -0.15) is 13.2 Å². The van der Waals surface area contributed by atoms with Crippen molar-refractivity contribution in [2.45, 2.75) is 12.7 Å². The summed E-state index contributed by atoms with van der Waals surface area (Å²) in [4.78, 5) is 1.10. The second-order valence-corrected chi connectivity index (χ2v) is 4.16. The topological polar surface area (TPSA) is 73.3 Å². The molecule has 0 fully saturated rings. The number of nitrogens with zero attached hydrogens (tertiary/aromatic N) is 1. The van der Waals surface area contributed by atoms with Crippen LogP contribution in [0.4, 0.5) is 13.2 Å². The Morgan fingerprint density at radius 2 is 2.05 bits per heavy atom. The van der Waals surface area contributed by atoms with Gasteiger partial charge in [-0.25, -0.2) is 0 Å². The molecule has 1 aromatic rings. The van der Waals surface area contributed by atoms with Crippen LogP contribution < -0.4 is 5.73 Å². The Morgan fingerprint density at radius 3 is 2.58 bits per heavy atom. The van der Waals surface area contributed by atoms with Gasteiger partial charge in [0.2, 0.25) is 0 Å². The van der Waals surface area contributed by atoms with Gasteiger partial charge in [-0.1, -0.05) is 18.2 Å². The van der Waals surface area contributed by atoms with Crippen molar-refractivity contribution in [1.82, 2.24) is 4.90 Å². The average molecular weight is 275 g/mol. The molecule has 0 bridgehead atoms. The molecule has 0 saturated heterocycles. The summed E-state index contributed by atoms with van der Waals surface area (Å²) in [6, 6.07) is 6.49. The summed E-state index contributed by atoms with van der Waals surface area (Å²) in [5.74, 6) is -0.133. The van der Waals surface area contributed by atoms with E-state index in [1.54, 1.807) is 24.3 Å². The van der Waals surface area contributed by atoms with E-state index in [1.165, 1.54) is 0 Å². The van der Waals surface area contributed by atoms with Gasteiger partial charge in [0.1, 0.15) is 5.84 Å². The Hall–Kier alpha value is -1.60. The zero-order valence-electron chi connectivity index (χ0n) is 10.2. The fraction of sp³-hybridized carbons (Fsp3) is 0.417. The zero-order valence-corrected chi connectivity index (χ0v) is 10.2. The predicted octanol–water partition coefficient (Wildman–Crippen LogP) is 1.33. The van der Waals surface area contributed by atoms with Crippen molar-refractivity contribution in [3.8, 4) is 0 Å². The van der Waals surface area contributed by atoms with Crippen molar-refractivity contribution in [2.75, 3.05) is 19.7 Å². The van der Waals surface area contributed by atoms with Crippen LogP contribution in [0.25, 0.3) is 0 Å². The van der Waals surface area contributed by atoms with Gasteiger partial charge in [-0.3, -0.25) is 10.3 Å². The van der Waals surface area contributed by atoms with Crippen molar-refractivity contribution >= 4 is 5.84 Å². The maximum Gasteiger partial charge on any atom is 0.401 e. The summed E-state index contributed by atoms with van der Waals surface area (Å²) >= 11 is 0. The van der Waals surface area contributed by atoms with Gasteiger partial charge in [-0.05, 0) is 11.6 Å². The number of nitrogen functional groups attached to an aromatic ring is 1. The quantitative estimate of drug-likeness (QED) is 0.541. The van der Waals surface area contributed by atoms with E-state index in [2.05, 4.69) is 0 Å². The molecule has 0 heterocycles. The zero-order chi connectivity index (χ0) is 14.5. The van der Waals surface area contributed by atoms with Gasteiger partial charge in [0, 0.05) is 18.7 Å². The van der Waals surface area contributed by atoms with Crippen molar-refractivity contribution < 1.29 is 18.3 Å². The highest BCUT2D eigenvalue weighted by Gasteiger charge is 2.30. The first-order valence-electron chi connectivity index (χ1n) is 5.65. The van der Waals surface area contributed by atoms with Crippen LogP contribution in [0.2, 0.25) is 0 Å². The molecule has 0 saturated carbocycles. The molecule has 1 aromatic carbocycles. The van der Waals surface area contributed by atoms with E-state index >= 15 is 0 Å². The van der Waals surface area contributed by atoms with Gasteiger partial charge in [0.15, 0.2) is 0 Å². The third-order valence-electron chi connectivity index (χ3n) is 2.46. The molecule has 7 heteroatoms. The molecule has 0 amide bonds. The highest BCUT2D eigenvalue weighted by Crippen LogP contribution is 2.18. The van der Waals surface area contributed by atoms with Crippen LogP contribution in [0.5, 0.6) is 0 Å². The monoisotopic (exact) mass is 275 g/mol. The highest BCUT2D eigenvalue weighted by molar-refractivity contribution is 5.95. The molecule has 19 heavy (non-hydrogen) atoms. The summed E-state index contributed by atoms with van der Waals surface area (Å²) < 4.78 is 37.1. The van der Waals surface area contributed by atoms with Gasteiger partial charge in [0.25, 0.3) is 0 Å². The fourth-order valence-corrected chi connectivity index (χ4v) is 1.70. The van der Waals surface area contributed by atoms with Crippen LogP contribution in [0, 0.1) is 5.41 Å². The number of amidine groups is 1.